The largest absolute Gasteiger partial charge is 0.355 e. The van der Waals surface area contributed by atoms with Crippen molar-refractivity contribution in [2.45, 2.75) is 57.8 Å². The number of carbonyl (C=O) groups is 1. The molecule has 7 heteroatoms. The highest BCUT2D eigenvalue weighted by Crippen LogP contribution is 2.37. The van der Waals surface area contributed by atoms with E-state index in [0.29, 0.717) is 24.2 Å². The molecule has 0 N–H and O–H groups in total. The first-order valence-corrected chi connectivity index (χ1v) is 11.5. The lowest BCUT2D eigenvalue weighted by molar-refractivity contribution is -0.137. The third-order valence-corrected chi connectivity index (χ3v) is 7.09. The van der Waals surface area contributed by atoms with Crippen LogP contribution >= 0.6 is 0 Å². The number of nitrogens with zero attached hydrogens (tertiary/aromatic N) is 5. The number of hydrogen-bond acceptors (Lipinski definition) is 6. The number of hydrogen-bond donors (Lipinski definition) is 0. The molecule has 160 valence electrons. The summed E-state index contributed by atoms with van der Waals surface area (Å²) in [6, 6.07) is 3.93. The summed E-state index contributed by atoms with van der Waals surface area (Å²) in [6.07, 6.45) is 9.50. The fraction of sp³-hybridized carbons (Fsp3) is 0.652. The third kappa shape index (κ3) is 3.82. The molecule has 2 saturated heterocycles. The monoisotopic (exact) mass is 409 g/mol. The van der Waals surface area contributed by atoms with E-state index in [0.717, 1.165) is 81.3 Å². The van der Waals surface area contributed by atoms with Crippen molar-refractivity contribution in [2.75, 3.05) is 31.1 Å². The molecule has 7 nitrogen and oxygen atoms in total. The van der Waals surface area contributed by atoms with Gasteiger partial charge in [0.25, 0.3) is 0 Å². The number of pyridine rings is 1. The van der Waals surface area contributed by atoms with Crippen LogP contribution in [0, 0.1) is 11.8 Å². The number of amides is 1. The van der Waals surface area contributed by atoms with Crippen LogP contribution in [-0.2, 0) is 4.79 Å². The number of anilines is 1. The van der Waals surface area contributed by atoms with E-state index in [4.69, 9.17) is 4.52 Å². The van der Waals surface area contributed by atoms with Gasteiger partial charge in [-0.25, -0.2) is 4.98 Å². The summed E-state index contributed by atoms with van der Waals surface area (Å²) >= 11 is 0. The molecule has 2 aliphatic heterocycles. The molecule has 2 aromatic rings. The summed E-state index contributed by atoms with van der Waals surface area (Å²) < 4.78 is 5.54. The van der Waals surface area contributed by atoms with Crippen molar-refractivity contribution >= 4 is 11.7 Å². The molecule has 1 saturated carbocycles. The summed E-state index contributed by atoms with van der Waals surface area (Å²) in [4.78, 5) is 26.8. The van der Waals surface area contributed by atoms with Gasteiger partial charge in [-0.3, -0.25) is 4.79 Å². The zero-order valence-electron chi connectivity index (χ0n) is 17.8. The average molecular weight is 410 g/mol. The van der Waals surface area contributed by atoms with Gasteiger partial charge in [0.1, 0.15) is 5.82 Å². The molecule has 3 aliphatic rings. The van der Waals surface area contributed by atoms with Crippen LogP contribution in [0.2, 0.25) is 0 Å². The van der Waals surface area contributed by atoms with Crippen LogP contribution in [0.4, 0.5) is 5.82 Å². The van der Waals surface area contributed by atoms with Gasteiger partial charge in [-0.2, -0.15) is 4.98 Å². The standard InChI is InChI=1S/C23H31N5O2/c1-16-9-13-27(14-10-16)23(29)18-7-4-12-28(15-18)21-19(8-3-11-24-21)20-25-22(30-26-20)17-5-2-6-17/h3,8,11,16-18H,2,4-7,9-10,12-15H2,1H3/t18-/m0/s1. The Morgan fingerprint density at radius 1 is 1.10 bits per heavy atom. The van der Waals surface area contributed by atoms with Crippen LogP contribution in [0.1, 0.15) is 63.7 Å². The zero-order valence-corrected chi connectivity index (χ0v) is 17.8. The van der Waals surface area contributed by atoms with E-state index in [-0.39, 0.29) is 5.92 Å². The number of piperidine rings is 2. The SMILES string of the molecule is CC1CCN(C(=O)[C@H]2CCCN(c3ncccc3-c3noc(C4CCC4)n3)C2)CC1. The van der Waals surface area contributed by atoms with Crippen LogP contribution in [0.15, 0.2) is 22.9 Å². The van der Waals surface area contributed by atoms with Crippen LogP contribution in [0.3, 0.4) is 0 Å². The highest BCUT2D eigenvalue weighted by Gasteiger charge is 2.33. The van der Waals surface area contributed by atoms with E-state index in [1.807, 2.05) is 18.3 Å². The maximum absolute atomic E-state index is 13.1. The third-order valence-electron chi connectivity index (χ3n) is 7.09. The van der Waals surface area contributed by atoms with Crippen molar-refractivity contribution in [3.8, 4) is 11.4 Å². The second kappa shape index (κ2) is 8.36. The molecule has 3 fully saturated rings. The molecular formula is C23H31N5O2. The van der Waals surface area contributed by atoms with Gasteiger partial charge in [-0.15, -0.1) is 0 Å². The fourth-order valence-electron chi connectivity index (χ4n) is 4.85. The topological polar surface area (TPSA) is 75.4 Å². The predicted molar refractivity (Wildman–Crippen MR) is 114 cm³/mol. The van der Waals surface area contributed by atoms with Crippen molar-refractivity contribution in [3.63, 3.8) is 0 Å². The molecule has 1 atom stereocenters. The van der Waals surface area contributed by atoms with E-state index in [1.165, 1.54) is 6.42 Å². The molecule has 30 heavy (non-hydrogen) atoms. The Morgan fingerprint density at radius 3 is 2.70 bits per heavy atom. The summed E-state index contributed by atoms with van der Waals surface area (Å²) in [5, 5.41) is 4.25. The van der Waals surface area contributed by atoms with Gasteiger partial charge in [0, 0.05) is 38.3 Å². The summed E-state index contributed by atoms with van der Waals surface area (Å²) in [5.41, 5.74) is 0.895. The van der Waals surface area contributed by atoms with Crippen LogP contribution in [0.5, 0.6) is 0 Å². The lowest BCUT2D eigenvalue weighted by atomic mass is 9.85. The van der Waals surface area contributed by atoms with Crippen LogP contribution in [0.25, 0.3) is 11.4 Å². The Kier molecular flexibility index (Phi) is 5.44. The van der Waals surface area contributed by atoms with Crippen LogP contribution < -0.4 is 4.90 Å². The number of carbonyl (C=O) groups excluding carboxylic acids is 1. The minimum absolute atomic E-state index is 0.0396. The minimum atomic E-state index is 0.0396. The van der Waals surface area contributed by atoms with Crippen molar-refractivity contribution in [3.05, 3.63) is 24.2 Å². The van der Waals surface area contributed by atoms with Crippen molar-refractivity contribution < 1.29 is 9.32 Å². The molecule has 0 radical (unpaired) electrons. The lowest BCUT2D eigenvalue weighted by Gasteiger charge is -2.38. The number of likely N-dealkylation sites (tertiary alicyclic amines) is 1. The molecule has 2 aromatic heterocycles. The average Bonchev–Trinajstić information content (AvgIpc) is 3.22. The second-order valence-corrected chi connectivity index (χ2v) is 9.25. The molecular weight excluding hydrogens is 378 g/mol. The van der Waals surface area contributed by atoms with Crippen molar-refractivity contribution in [1.29, 1.82) is 0 Å². The Labute approximate surface area is 177 Å². The molecule has 4 heterocycles. The molecule has 5 rings (SSSR count). The predicted octanol–water partition coefficient (Wildman–Crippen LogP) is 3.87. The molecule has 1 amide bonds. The smallest absolute Gasteiger partial charge is 0.230 e. The molecule has 0 unspecified atom stereocenters. The Hall–Kier alpha value is -2.44. The van der Waals surface area contributed by atoms with Gasteiger partial charge in [-0.05, 0) is 56.6 Å². The van der Waals surface area contributed by atoms with E-state index < -0.39 is 0 Å². The Morgan fingerprint density at radius 2 is 1.93 bits per heavy atom. The summed E-state index contributed by atoms with van der Waals surface area (Å²) in [6.45, 7) is 5.69. The Bertz CT molecular complexity index is 885. The molecule has 0 spiro atoms. The Balaban J connectivity index is 1.33. The van der Waals surface area contributed by atoms with Crippen molar-refractivity contribution in [1.82, 2.24) is 20.0 Å². The van der Waals surface area contributed by atoms with Gasteiger partial charge in [-0.1, -0.05) is 18.5 Å². The lowest BCUT2D eigenvalue weighted by Crippen LogP contribution is -2.47. The summed E-state index contributed by atoms with van der Waals surface area (Å²) in [5.74, 6) is 3.72. The first kappa shape index (κ1) is 19.5. The highest BCUT2D eigenvalue weighted by atomic mass is 16.5. The van der Waals surface area contributed by atoms with Gasteiger partial charge in [0.2, 0.25) is 17.6 Å². The maximum Gasteiger partial charge on any atom is 0.230 e. The quantitative estimate of drug-likeness (QED) is 0.763. The van der Waals surface area contributed by atoms with Gasteiger partial charge >= 0.3 is 0 Å². The maximum atomic E-state index is 13.1. The van der Waals surface area contributed by atoms with Gasteiger partial charge in [0.15, 0.2) is 0 Å². The second-order valence-electron chi connectivity index (χ2n) is 9.25. The van der Waals surface area contributed by atoms with E-state index in [1.54, 1.807) is 0 Å². The van der Waals surface area contributed by atoms with E-state index in [2.05, 4.69) is 31.8 Å². The van der Waals surface area contributed by atoms with Gasteiger partial charge in [0.05, 0.1) is 11.5 Å². The minimum Gasteiger partial charge on any atom is -0.355 e. The fourth-order valence-corrected chi connectivity index (χ4v) is 4.85. The molecule has 0 bridgehead atoms. The highest BCUT2D eigenvalue weighted by molar-refractivity contribution is 5.80. The normalized spacial score (nSPS) is 23.4. The van der Waals surface area contributed by atoms with Gasteiger partial charge < -0.3 is 14.3 Å². The van der Waals surface area contributed by atoms with E-state index >= 15 is 0 Å². The molecule has 1 aliphatic carbocycles. The number of aromatic nitrogens is 3. The van der Waals surface area contributed by atoms with Crippen LogP contribution in [-0.4, -0.2) is 52.1 Å². The first-order valence-electron chi connectivity index (χ1n) is 11.5. The van der Waals surface area contributed by atoms with E-state index in [9.17, 15) is 4.79 Å². The molecule has 0 aromatic carbocycles. The first-order chi connectivity index (χ1) is 14.7. The number of rotatable bonds is 4. The van der Waals surface area contributed by atoms with Crippen molar-refractivity contribution in [2.24, 2.45) is 11.8 Å². The summed E-state index contributed by atoms with van der Waals surface area (Å²) in [7, 11) is 0. The zero-order chi connectivity index (χ0) is 20.5.